The molecule has 0 amide bonds. The van der Waals surface area contributed by atoms with Gasteiger partial charge < -0.3 is 9.47 Å². The molecular weight excluding hydrogens is 341 g/mol. The number of allylic oxidation sites excluding steroid dienone is 1. The van der Waals surface area contributed by atoms with Crippen molar-refractivity contribution in [2.75, 3.05) is 6.61 Å². The highest BCUT2D eigenvalue weighted by atomic mass is 19.3. The fourth-order valence-electron chi connectivity index (χ4n) is 2.63. The van der Waals surface area contributed by atoms with Crippen molar-refractivity contribution in [2.45, 2.75) is 13.5 Å². The van der Waals surface area contributed by atoms with E-state index < -0.39 is 6.61 Å². The Morgan fingerprint density at radius 3 is 2.38 bits per heavy atom. The van der Waals surface area contributed by atoms with E-state index in [1.807, 2.05) is 19.1 Å². The summed E-state index contributed by atoms with van der Waals surface area (Å²) in [6.07, 6.45) is 3.69. The van der Waals surface area contributed by atoms with Gasteiger partial charge in [-0.15, -0.1) is 0 Å². The van der Waals surface area contributed by atoms with Gasteiger partial charge in [-0.3, -0.25) is 0 Å². The van der Waals surface area contributed by atoms with E-state index >= 15 is 0 Å². The lowest BCUT2D eigenvalue weighted by Gasteiger charge is -2.09. The highest BCUT2D eigenvalue weighted by Crippen LogP contribution is 2.30. The predicted molar refractivity (Wildman–Crippen MR) is 96.3 cm³/mol. The summed E-state index contributed by atoms with van der Waals surface area (Å²) in [6.45, 7) is -0.599. The second-order valence-electron chi connectivity index (χ2n) is 5.62. The molecule has 0 saturated carbocycles. The van der Waals surface area contributed by atoms with Crippen LogP contribution in [0.15, 0.2) is 66.7 Å². The predicted octanol–water partition coefficient (Wildman–Crippen LogP) is 6.20. The minimum Gasteiger partial charge on any atom is -0.489 e. The average Bonchev–Trinajstić information content (AvgIpc) is 2.61. The van der Waals surface area contributed by atoms with Gasteiger partial charge >= 0.3 is 6.61 Å². The number of fused-ring (bicyclic) bond motifs is 1. The Morgan fingerprint density at radius 1 is 0.923 bits per heavy atom. The molecule has 2 nitrogen and oxygen atoms in total. The number of halogens is 3. The van der Waals surface area contributed by atoms with Gasteiger partial charge in [0.25, 0.3) is 0 Å². The molecule has 26 heavy (non-hydrogen) atoms. The van der Waals surface area contributed by atoms with Crippen LogP contribution < -0.4 is 9.47 Å². The molecule has 3 aromatic carbocycles. The summed E-state index contributed by atoms with van der Waals surface area (Å²) in [5.74, 6) is 0.160. The zero-order valence-corrected chi connectivity index (χ0v) is 14.1. The van der Waals surface area contributed by atoms with Gasteiger partial charge in [-0.25, -0.2) is 4.39 Å². The Kier molecular flexibility index (Phi) is 5.46. The maximum absolute atomic E-state index is 14.5. The summed E-state index contributed by atoms with van der Waals surface area (Å²) < 4.78 is 48.9. The molecule has 0 aliphatic carbocycles. The lowest BCUT2D eigenvalue weighted by Crippen LogP contribution is -2.01. The maximum atomic E-state index is 14.5. The molecule has 0 aliphatic heterocycles. The molecule has 0 heterocycles. The van der Waals surface area contributed by atoms with Crippen molar-refractivity contribution in [1.29, 1.82) is 0 Å². The fourth-order valence-corrected chi connectivity index (χ4v) is 2.63. The summed E-state index contributed by atoms with van der Waals surface area (Å²) >= 11 is 0. The first-order valence-corrected chi connectivity index (χ1v) is 8.09. The van der Waals surface area contributed by atoms with E-state index in [-0.39, 0.29) is 11.6 Å². The zero-order valence-electron chi connectivity index (χ0n) is 14.1. The Bertz CT molecular complexity index is 936. The molecule has 0 saturated heterocycles. The van der Waals surface area contributed by atoms with E-state index in [0.29, 0.717) is 23.5 Å². The lowest BCUT2D eigenvalue weighted by molar-refractivity contribution is -0.0497. The summed E-state index contributed by atoms with van der Waals surface area (Å²) in [7, 11) is 0. The second kappa shape index (κ2) is 7.95. The number of ether oxygens (including phenoxy) is 2. The normalized spacial score (nSPS) is 11.4. The molecule has 3 rings (SSSR count). The number of rotatable bonds is 6. The summed E-state index contributed by atoms with van der Waals surface area (Å²) in [4.78, 5) is 0. The van der Waals surface area contributed by atoms with Crippen LogP contribution in [0.3, 0.4) is 0 Å². The topological polar surface area (TPSA) is 18.5 Å². The van der Waals surface area contributed by atoms with E-state index in [9.17, 15) is 13.2 Å². The van der Waals surface area contributed by atoms with Crippen LogP contribution in [0.25, 0.3) is 21.9 Å². The van der Waals surface area contributed by atoms with Crippen molar-refractivity contribution in [3.05, 3.63) is 72.6 Å². The molecule has 0 radical (unpaired) electrons. The van der Waals surface area contributed by atoms with Gasteiger partial charge in [-0.2, -0.15) is 8.78 Å². The average molecular weight is 358 g/mol. The standard InChI is InChI=1S/C21H17F3O2/c1-2-3-10-25-17-8-9-19(20(22)13-17)16-5-4-15-12-18(26-21(23)24)7-6-14(15)11-16/h2-9,11-13,21H,10H2,1H3. The molecule has 0 atom stereocenters. The Hall–Kier alpha value is -2.95. The Labute approximate surface area is 149 Å². The van der Waals surface area contributed by atoms with Crippen LogP contribution in [0.2, 0.25) is 0 Å². The highest BCUT2D eigenvalue weighted by Gasteiger charge is 2.09. The van der Waals surface area contributed by atoms with E-state index in [0.717, 1.165) is 10.8 Å². The largest absolute Gasteiger partial charge is 0.489 e. The molecule has 0 N–H and O–H groups in total. The van der Waals surface area contributed by atoms with Crippen LogP contribution >= 0.6 is 0 Å². The number of alkyl halides is 2. The molecule has 0 aromatic heterocycles. The monoisotopic (exact) mass is 358 g/mol. The molecule has 0 aliphatic rings. The molecular formula is C21H17F3O2. The van der Waals surface area contributed by atoms with Gasteiger partial charge in [0, 0.05) is 11.6 Å². The first-order valence-electron chi connectivity index (χ1n) is 8.09. The number of hydrogen-bond donors (Lipinski definition) is 0. The van der Waals surface area contributed by atoms with Gasteiger partial charge in [0.15, 0.2) is 0 Å². The van der Waals surface area contributed by atoms with Crippen LogP contribution in [0.5, 0.6) is 11.5 Å². The third-order valence-electron chi connectivity index (χ3n) is 3.87. The molecule has 5 heteroatoms. The summed E-state index contributed by atoms with van der Waals surface area (Å²) in [5.41, 5.74) is 1.13. The highest BCUT2D eigenvalue weighted by molar-refractivity contribution is 5.88. The van der Waals surface area contributed by atoms with Crippen LogP contribution in [-0.4, -0.2) is 13.2 Å². The quantitative estimate of drug-likeness (QED) is 0.488. The minimum absolute atomic E-state index is 0.0917. The number of benzene rings is 3. The molecule has 0 spiro atoms. The van der Waals surface area contributed by atoms with Crippen molar-refractivity contribution in [1.82, 2.24) is 0 Å². The van der Waals surface area contributed by atoms with Crippen LogP contribution in [-0.2, 0) is 0 Å². The third-order valence-corrected chi connectivity index (χ3v) is 3.87. The van der Waals surface area contributed by atoms with Crippen LogP contribution in [0.1, 0.15) is 6.92 Å². The SMILES string of the molecule is CC=CCOc1ccc(-c2ccc3cc(OC(F)F)ccc3c2)c(F)c1. The van der Waals surface area contributed by atoms with Crippen LogP contribution in [0.4, 0.5) is 13.2 Å². The molecule has 0 unspecified atom stereocenters. The molecule has 0 bridgehead atoms. The first kappa shape index (κ1) is 17.9. The van der Waals surface area contributed by atoms with Gasteiger partial charge in [0.1, 0.15) is 23.9 Å². The van der Waals surface area contributed by atoms with Crippen molar-refractivity contribution in [2.24, 2.45) is 0 Å². The van der Waals surface area contributed by atoms with Crippen molar-refractivity contribution in [3.63, 3.8) is 0 Å². The van der Waals surface area contributed by atoms with Gasteiger partial charge in [-0.05, 0) is 53.6 Å². The Morgan fingerprint density at radius 2 is 1.65 bits per heavy atom. The van der Waals surface area contributed by atoms with Gasteiger partial charge in [0.05, 0.1) is 0 Å². The van der Waals surface area contributed by atoms with Crippen LogP contribution in [0, 0.1) is 5.82 Å². The molecule has 0 fully saturated rings. The summed E-state index contributed by atoms with van der Waals surface area (Å²) in [5, 5.41) is 1.54. The second-order valence-corrected chi connectivity index (χ2v) is 5.62. The maximum Gasteiger partial charge on any atom is 0.387 e. The zero-order chi connectivity index (χ0) is 18.5. The molecule has 3 aromatic rings. The summed E-state index contributed by atoms with van der Waals surface area (Å²) in [6, 6.07) is 14.7. The minimum atomic E-state index is -2.87. The van der Waals surface area contributed by atoms with E-state index in [1.54, 1.807) is 36.4 Å². The van der Waals surface area contributed by atoms with E-state index in [4.69, 9.17) is 4.74 Å². The van der Waals surface area contributed by atoms with Gasteiger partial charge in [0.2, 0.25) is 0 Å². The third kappa shape index (κ3) is 4.17. The smallest absolute Gasteiger partial charge is 0.387 e. The Balaban J connectivity index is 1.88. The fraction of sp³-hybridized carbons (Fsp3) is 0.143. The molecule has 134 valence electrons. The van der Waals surface area contributed by atoms with E-state index in [2.05, 4.69) is 4.74 Å². The van der Waals surface area contributed by atoms with Crippen molar-refractivity contribution >= 4 is 10.8 Å². The van der Waals surface area contributed by atoms with E-state index in [1.165, 1.54) is 18.2 Å². The van der Waals surface area contributed by atoms with Gasteiger partial charge in [-0.1, -0.05) is 30.4 Å². The number of hydrogen-bond acceptors (Lipinski definition) is 2. The first-order chi connectivity index (χ1) is 12.6. The van der Waals surface area contributed by atoms with Crippen molar-refractivity contribution < 1.29 is 22.6 Å². The lowest BCUT2D eigenvalue weighted by atomic mass is 10.0. The van der Waals surface area contributed by atoms with Crippen molar-refractivity contribution in [3.8, 4) is 22.6 Å².